The standard InChI is InChI=1S/C14H23N3/c1-4-5-6-7-10-16-17-14-12(3)9-8-11(2)13(14)15/h8-9,15-16H,4-7,10H2,1-3H3/b15-13?,17-14-. The van der Waals surface area contributed by atoms with Crippen LogP contribution in [-0.4, -0.2) is 18.0 Å². The number of hydrazone groups is 1. The molecule has 94 valence electrons. The number of nitrogens with one attached hydrogen (secondary N) is 2. The highest BCUT2D eigenvalue weighted by atomic mass is 15.3. The van der Waals surface area contributed by atoms with E-state index in [0.29, 0.717) is 5.71 Å². The number of hydrogen-bond donors (Lipinski definition) is 2. The fraction of sp³-hybridized carbons (Fsp3) is 0.571. The molecular formula is C14H23N3. The summed E-state index contributed by atoms with van der Waals surface area (Å²) in [5.41, 5.74) is 6.42. The van der Waals surface area contributed by atoms with Crippen LogP contribution in [0.2, 0.25) is 0 Å². The zero-order chi connectivity index (χ0) is 12.7. The van der Waals surface area contributed by atoms with Crippen molar-refractivity contribution in [2.75, 3.05) is 6.54 Å². The molecule has 0 fully saturated rings. The Morgan fingerprint density at radius 2 is 1.82 bits per heavy atom. The summed E-state index contributed by atoms with van der Waals surface area (Å²) in [7, 11) is 0. The Kier molecular flexibility index (Phi) is 5.67. The largest absolute Gasteiger partial charge is 0.309 e. The molecule has 2 N–H and O–H groups in total. The van der Waals surface area contributed by atoms with Crippen molar-refractivity contribution < 1.29 is 0 Å². The minimum absolute atomic E-state index is 0.533. The Morgan fingerprint density at radius 3 is 2.53 bits per heavy atom. The van der Waals surface area contributed by atoms with E-state index in [2.05, 4.69) is 17.5 Å². The van der Waals surface area contributed by atoms with Crippen LogP contribution in [0.3, 0.4) is 0 Å². The van der Waals surface area contributed by atoms with Crippen LogP contribution in [0.25, 0.3) is 0 Å². The lowest BCUT2D eigenvalue weighted by Crippen LogP contribution is -2.22. The Bertz CT molecular complexity index is 358. The van der Waals surface area contributed by atoms with Gasteiger partial charge in [-0.15, -0.1) is 0 Å². The van der Waals surface area contributed by atoms with Gasteiger partial charge >= 0.3 is 0 Å². The lowest BCUT2D eigenvalue weighted by Gasteiger charge is -2.13. The summed E-state index contributed by atoms with van der Waals surface area (Å²) < 4.78 is 0. The second-order valence-corrected chi connectivity index (χ2v) is 4.50. The average Bonchev–Trinajstić information content (AvgIpc) is 2.32. The van der Waals surface area contributed by atoms with Gasteiger partial charge in [-0.3, -0.25) is 5.41 Å². The summed E-state index contributed by atoms with van der Waals surface area (Å²) in [6.45, 7) is 7.05. The van der Waals surface area contributed by atoms with Crippen molar-refractivity contribution in [3.63, 3.8) is 0 Å². The molecule has 0 aromatic carbocycles. The number of unbranched alkanes of at least 4 members (excludes halogenated alkanes) is 3. The maximum Gasteiger partial charge on any atom is 0.111 e. The topological polar surface area (TPSA) is 48.2 Å². The normalized spacial score (nSPS) is 18.1. The van der Waals surface area contributed by atoms with E-state index in [1.165, 1.54) is 19.3 Å². The van der Waals surface area contributed by atoms with Crippen molar-refractivity contribution in [3.8, 4) is 0 Å². The SMILES string of the molecule is CCCCCCN/N=C1\C(=N)C(C)=CC=C1C. The molecule has 0 aromatic rings. The number of nitrogens with zero attached hydrogens (tertiary/aromatic N) is 1. The maximum absolute atomic E-state index is 7.95. The molecule has 0 saturated carbocycles. The molecule has 0 unspecified atom stereocenters. The molecular weight excluding hydrogens is 210 g/mol. The first-order chi connectivity index (χ1) is 8.16. The van der Waals surface area contributed by atoms with Crippen LogP contribution >= 0.6 is 0 Å². The third-order valence-electron chi connectivity index (χ3n) is 2.92. The molecule has 17 heavy (non-hydrogen) atoms. The molecule has 3 nitrogen and oxygen atoms in total. The monoisotopic (exact) mass is 233 g/mol. The average molecular weight is 233 g/mol. The van der Waals surface area contributed by atoms with Crippen molar-refractivity contribution in [2.45, 2.75) is 46.5 Å². The van der Waals surface area contributed by atoms with Crippen LogP contribution in [0, 0.1) is 5.41 Å². The van der Waals surface area contributed by atoms with E-state index in [-0.39, 0.29) is 0 Å². The lowest BCUT2D eigenvalue weighted by molar-refractivity contribution is 0.615. The lowest BCUT2D eigenvalue weighted by atomic mass is 9.96. The van der Waals surface area contributed by atoms with Gasteiger partial charge in [-0.05, 0) is 31.4 Å². The zero-order valence-corrected chi connectivity index (χ0v) is 11.1. The van der Waals surface area contributed by atoms with Gasteiger partial charge in [-0.25, -0.2) is 0 Å². The van der Waals surface area contributed by atoms with E-state index < -0.39 is 0 Å². The van der Waals surface area contributed by atoms with Crippen LogP contribution in [0.5, 0.6) is 0 Å². The molecule has 1 aliphatic carbocycles. The number of allylic oxidation sites excluding steroid dienone is 4. The fourth-order valence-corrected chi connectivity index (χ4v) is 1.71. The van der Waals surface area contributed by atoms with Gasteiger partial charge < -0.3 is 5.43 Å². The van der Waals surface area contributed by atoms with Crippen molar-refractivity contribution >= 4 is 11.4 Å². The first-order valence-electron chi connectivity index (χ1n) is 6.42. The summed E-state index contributed by atoms with van der Waals surface area (Å²) in [6.07, 6.45) is 8.93. The minimum atomic E-state index is 0.533. The third kappa shape index (κ3) is 4.17. The van der Waals surface area contributed by atoms with E-state index >= 15 is 0 Å². The quantitative estimate of drug-likeness (QED) is 0.412. The van der Waals surface area contributed by atoms with Crippen LogP contribution < -0.4 is 5.43 Å². The molecule has 0 amide bonds. The summed E-state index contributed by atoms with van der Waals surface area (Å²) >= 11 is 0. The number of rotatable bonds is 6. The zero-order valence-electron chi connectivity index (χ0n) is 11.1. The maximum atomic E-state index is 7.95. The van der Waals surface area contributed by atoms with Gasteiger partial charge in [-0.1, -0.05) is 38.3 Å². The molecule has 1 aliphatic rings. The van der Waals surface area contributed by atoms with Crippen LogP contribution in [0.4, 0.5) is 0 Å². The Hall–Kier alpha value is -1.38. The van der Waals surface area contributed by atoms with Gasteiger partial charge in [0.25, 0.3) is 0 Å². The summed E-state index contributed by atoms with van der Waals surface area (Å²) in [4.78, 5) is 0. The Labute approximate surface area is 104 Å². The second kappa shape index (κ2) is 7.05. The van der Waals surface area contributed by atoms with E-state index in [0.717, 1.165) is 29.8 Å². The molecule has 0 radical (unpaired) electrons. The molecule has 0 atom stereocenters. The van der Waals surface area contributed by atoms with Gasteiger partial charge in [0.05, 0.1) is 5.71 Å². The van der Waals surface area contributed by atoms with Crippen LogP contribution in [0.1, 0.15) is 46.5 Å². The molecule has 0 spiro atoms. The predicted octanol–water partition coefficient (Wildman–Crippen LogP) is 3.44. The van der Waals surface area contributed by atoms with Gasteiger partial charge in [0.15, 0.2) is 0 Å². The van der Waals surface area contributed by atoms with Crippen LogP contribution in [0.15, 0.2) is 28.4 Å². The van der Waals surface area contributed by atoms with E-state index in [1.54, 1.807) is 0 Å². The first kappa shape index (κ1) is 13.7. The second-order valence-electron chi connectivity index (χ2n) is 4.50. The smallest absolute Gasteiger partial charge is 0.111 e. The first-order valence-corrected chi connectivity index (χ1v) is 6.42. The predicted molar refractivity (Wildman–Crippen MR) is 74.8 cm³/mol. The third-order valence-corrected chi connectivity index (χ3v) is 2.92. The fourth-order valence-electron chi connectivity index (χ4n) is 1.71. The van der Waals surface area contributed by atoms with E-state index in [1.807, 2.05) is 26.0 Å². The molecule has 0 heterocycles. The summed E-state index contributed by atoms with van der Waals surface area (Å²) in [5, 5.41) is 12.3. The van der Waals surface area contributed by atoms with E-state index in [4.69, 9.17) is 5.41 Å². The van der Waals surface area contributed by atoms with Gasteiger partial charge in [0, 0.05) is 6.54 Å². The van der Waals surface area contributed by atoms with Crippen molar-refractivity contribution in [2.24, 2.45) is 5.10 Å². The highest BCUT2D eigenvalue weighted by Gasteiger charge is 2.14. The van der Waals surface area contributed by atoms with Gasteiger partial charge in [0.1, 0.15) is 5.71 Å². The Balaban J connectivity index is 2.42. The van der Waals surface area contributed by atoms with Crippen molar-refractivity contribution in [1.29, 1.82) is 5.41 Å². The van der Waals surface area contributed by atoms with Crippen molar-refractivity contribution in [1.82, 2.24) is 5.43 Å². The summed E-state index contributed by atoms with van der Waals surface area (Å²) in [6, 6.07) is 0. The summed E-state index contributed by atoms with van der Waals surface area (Å²) in [5.74, 6) is 0. The van der Waals surface area contributed by atoms with Crippen molar-refractivity contribution in [3.05, 3.63) is 23.3 Å². The van der Waals surface area contributed by atoms with Gasteiger partial charge in [0.2, 0.25) is 0 Å². The molecule has 0 bridgehead atoms. The van der Waals surface area contributed by atoms with E-state index in [9.17, 15) is 0 Å². The molecule has 1 rings (SSSR count). The minimum Gasteiger partial charge on any atom is -0.309 e. The van der Waals surface area contributed by atoms with Gasteiger partial charge in [-0.2, -0.15) is 5.10 Å². The number of hydrogen-bond acceptors (Lipinski definition) is 3. The molecule has 0 aliphatic heterocycles. The Morgan fingerprint density at radius 1 is 1.12 bits per heavy atom. The molecule has 3 heteroatoms. The van der Waals surface area contributed by atoms with Crippen LogP contribution in [-0.2, 0) is 0 Å². The highest BCUT2D eigenvalue weighted by Crippen LogP contribution is 2.12. The molecule has 0 saturated heterocycles. The molecule has 0 aromatic heterocycles. The highest BCUT2D eigenvalue weighted by molar-refractivity contribution is 6.53.